The number of piperidine rings is 1. The van der Waals surface area contributed by atoms with E-state index in [0.717, 1.165) is 12.8 Å². The van der Waals surface area contributed by atoms with Gasteiger partial charge in [-0.25, -0.2) is 4.79 Å². The van der Waals surface area contributed by atoms with Gasteiger partial charge in [-0.15, -0.1) is 0 Å². The third-order valence-corrected chi connectivity index (χ3v) is 5.85. The molecule has 0 radical (unpaired) electrons. The number of aliphatic carboxylic acids is 1. The minimum atomic E-state index is -1.03. The molecule has 0 spiro atoms. The second-order valence-electron chi connectivity index (χ2n) is 9.87. The molecule has 8 heteroatoms. The number of amides is 3. The van der Waals surface area contributed by atoms with E-state index in [1.54, 1.807) is 18.0 Å². The summed E-state index contributed by atoms with van der Waals surface area (Å²) in [4.78, 5) is 52.9. The number of likely N-dealkylation sites (N-methyl/N-ethyl adjacent to an activating group) is 1. The van der Waals surface area contributed by atoms with Gasteiger partial charge in [0.1, 0.15) is 12.1 Å². The average Bonchev–Trinajstić information content (AvgIpc) is 2.67. The molecular formula is C23H39N3O5. The summed E-state index contributed by atoms with van der Waals surface area (Å²) in [6.07, 6.45) is 3.86. The zero-order valence-electron chi connectivity index (χ0n) is 20.2. The summed E-state index contributed by atoms with van der Waals surface area (Å²) in [6.45, 7) is 12.9. The van der Waals surface area contributed by atoms with Gasteiger partial charge in [-0.05, 0) is 37.5 Å². The fourth-order valence-corrected chi connectivity index (χ4v) is 3.90. The summed E-state index contributed by atoms with van der Waals surface area (Å²) in [5.41, 5.74) is -0.418. The molecule has 31 heavy (non-hydrogen) atoms. The second-order valence-corrected chi connectivity index (χ2v) is 9.87. The molecule has 1 fully saturated rings. The molecule has 3 atom stereocenters. The number of likely N-dealkylation sites (tertiary alicyclic amines) is 1. The molecule has 1 unspecified atom stereocenters. The molecule has 0 aromatic rings. The van der Waals surface area contributed by atoms with Crippen molar-refractivity contribution in [2.75, 3.05) is 13.6 Å². The van der Waals surface area contributed by atoms with Crippen LogP contribution in [0.1, 0.15) is 67.7 Å². The van der Waals surface area contributed by atoms with Gasteiger partial charge < -0.3 is 20.2 Å². The summed E-state index contributed by atoms with van der Waals surface area (Å²) >= 11 is 0. The molecule has 0 saturated carbocycles. The predicted molar refractivity (Wildman–Crippen MR) is 119 cm³/mol. The Morgan fingerprint density at radius 3 is 2.16 bits per heavy atom. The highest BCUT2D eigenvalue weighted by atomic mass is 16.4. The topological polar surface area (TPSA) is 107 Å². The Kier molecular flexibility index (Phi) is 9.26. The van der Waals surface area contributed by atoms with Crippen LogP contribution in [-0.2, 0) is 19.2 Å². The summed E-state index contributed by atoms with van der Waals surface area (Å²) in [5, 5.41) is 12.1. The van der Waals surface area contributed by atoms with E-state index < -0.39 is 29.5 Å². The minimum Gasteiger partial charge on any atom is -0.478 e. The van der Waals surface area contributed by atoms with Crippen LogP contribution in [0.2, 0.25) is 0 Å². The molecule has 0 aliphatic carbocycles. The van der Waals surface area contributed by atoms with Gasteiger partial charge >= 0.3 is 5.97 Å². The number of hydrogen-bond donors (Lipinski definition) is 2. The molecular weight excluding hydrogens is 398 g/mol. The van der Waals surface area contributed by atoms with E-state index >= 15 is 0 Å². The maximum Gasteiger partial charge on any atom is 0.331 e. The smallest absolute Gasteiger partial charge is 0.331 e. The van der Waals surface area contributed by atoms with Crippen LogP contribution in [0.5, 0.6) is 0 Å². The van der Waals surface area contributed by atoms with Crippen LogP contribution < -0.4 is 5.32 Å². The average molecular weight is 438 g/mol. The largest absolute Gasteiger partial charge is 0.478 e. The minimum absolute atomic E-state index is 0.0221. The number of hydrogen-bond acceptors (Lipinski definition) is 4. The van der Waals surface area contributed by atoms with Crippen LogP contribution in [0.4, 0.5) is 0 Å². The van der Waals surface area contributed by atoms with Gasteiger partial charge in [0.05, 0.1) is 6.04 Å². The maximum absolute atomic E-state index is 13.5. The fourth-order valence-electron chi connectivity index (χ4n) is 3.90. The number of rotatable bonds is 7. The number of nitrogens with one attached hydrogen (secondary N) is 1. The molecule has 0 aromatic carbocycles. The van der Waals surface area contributed by atoms with Gasteiger partial charge in [-0.3, -0.25) is 14.4 Å². The Balaban J connectivity index is 3.16. The van der Waals surface area contributed by atoms with Gasteiger partial charge in [0.2, 0.25) is 17.7 Å². The Labute approximate surface area is 186 Å². The van der Waals surface area contributed by atoms with Crippen molar-refractivity contribution in [1.29, 1.82) is 0 Å². The van der Waals surface area contributed by atoms with Gasteiger partial charge in [-0.1, -0.05) is 40.7 Å². The standard InChI is InChI=1S/C23H39N3O5/c1-14(2)18(13-15(3)22(30)31)25(8)21(29)19(23(5,6)7)24-20(28)17-11-9-10-12-26(17)16(4)27/h13-14,17-19H,9-12H2,1-8H3,(H,24,28)(H,30,31)/b15-13+/t17?,18-,19-/m1/s1. The van der Waals surface area contributed by atoms with E-state index in [-0.39, 0.29) is 29.2 Å². The number of carbonyl (C=O) groups is 4. The van der Waals surface area contributed by atoms with Crippen molar-refractivity contribution in [2.45, 2.75) is 85.9 Å². The van der Waals surface area contributed by atoms with E-state index in [2.05, 4.69) is 5.32 Å². The highest BCUT2D eigenvalue weighted by Gasteiger charge is 2.39. The summed E-state index contributed by atoms with van der Waals surface area (Å²) in [6, 6.07) is -1.83. The molecule has 176 valence electrons. The van der Waals surface area contributed by atoms with E-state index in [1.807, 2.05) is 34.6 Å². The lowest BCUT2D eigenvalue weighted by Crippen LogP contribution is -2.60. The molecule has 1 saturated heterocycles. The van der Waals surface area contributed by atoms with Crippen LogP contribution in [0.3, 0.4) is 0 Å². The van der Waals surface area contributed by atoms with Crippen LogP contribution in [-0.4, -0.2) is 70.3 Å². The highest BCUT2D eigenvalue weighted by molar-refractivity contribution is 5.92. The molecule has 3 amide bonds. The zero-order valence-corrected chi connectivity index (χ0v) is 20.2. The van der Waals surface area contributed by atoms with Crippen molar-refractivity contribution in [3.8, 4) is 0 Å². The molecule has 1 heterocycles. The monoisotopic (exact) mass is 437 g/mol. The van der Waals surface area contributed by atoms with Crippen molar-refractivity contribution in [1.82, 2.24) is 15.1 Å². The number of nitrogens with zero attached hydrogens (tertiary/aromatic N) is 2. The highest BCUT2D eigenvalue weighted by Crippen LogP contribution is 2.25. The molecule has 2 N–H and O–H groups in total. The fraction of sp³-hybridized carbons (Fsp3) is 0.739. The van der Waals surface area contributed by atoms with Crippen LogP contribution >= 0.6 is 0 Å². The summed E-state index contributed by atoms with van der Waals surface area (Å²) < 4.78 is 0. The van der Waals surface area contributed by atoms with Crippen molar-refractivity contribution in [3.63, 3.8) is 0 Å². The number of carboxylic acid groups (broad SMARTS) is 1. The Bertz CT molecular complexity index is 723. The molecule has 1 rings (SSSR count). The first kappa shape index (κ1) is 26.7. The maximum atomic E-state index is 13.5. The van der Waals surface area contributed by atoms with E-state index in [1.165, 1.54) is 18.7 Å². The molecule has 0 bridgehead atoms. The second kappa shape index (κ2) is 10.8. The predicted octanol–water partition coefficient (Wildman–Crippen LogP) is 2.43. The first-order chi connectivity index (χ1) is 14.2. The molecule has 1 aliphatic heterocycles. The molecule has 8 nitrogen and oxygen atoms in total. The van der Waals surface area contributed by atoms with Crippen LogP contribution in [0.15, 0.2) is 11.6 Å². The quantitative estimate of drug-likeness (QED) is 0.595. The molecule has 1 aliphatic rings. The van der Waals surface area contributed by atoms with Gasteiger partial charge in [0.25, 0.3) is 0 Å². The van der Waals surface area contributed by atoms with E-state index in [4.69, 9.17) is 0 Å². The third kappa shape index (κ3) is 7.08. The van der Waals surface area contributed by atoms with Crippen molar-refractivity contribution in [3.05, 3.63) is 11.6 Å². The third-order valence-electron chi connectivity index (χ3n) is 5.85. The normalized spacial score (nSPS) is 19.6. The number of carboxylic acids is 1. The zero-order chi connectivity index (χ0) is 24.1. The SMILES string of the molecule is CC(=O)N1CCCCC1C(=O)N[C@H](C(=O)N(C)[C@H](/C=C(\C)C(=O)O)C(C)C)C(C)(C)C. The van der Waals surface area contributed by atoms with Crippen molar-refractivity contribution in [2.24, 2.45) is 11.3 Å². The van der Waals surface area contributed by atoms with Gasteiger partial charge in [-0.2, -0.15) is 0 Å². The summed E-state index contributed by atoms with van der Waals surface area (Å²) in [7, 11) is 1.63. The molecule has 0 aromatic heterocycles. The lowest BCUT2D eigenvalue weighted by Gasteiger charge is -2.39. The van der Waals surface area contributed by atoms with Crippen LogP contribution in [0.25, 0.3) is 0 Å². The van der Waals surface area contributed by atoms with Crippen molar-refractivity contribution >= 4 is 23.7 Å². The Hall–Kier alpha value is -2.38. The van der Waals surface area contributed by atoms with Gasteiger partial charge in [0.15, 0.2) is 0 Å². The van der Waals surface area contributed by atoms with E-state index in [9.17, 15) is 24.3 Å². The first-order valence-electron chi connectivity index (χ1n) is 10.9. The Morgan fingerprint density at radius 1 is 1.13 bits per heavy atom. The summed E-state index contributed by atoms with van der Waals surface area (Å²) in [5.74, 6) is -1.82. The number of carbonyl (C=O) groups excluding carboxylic acids is 3. The lowest BCUT2D eigenvalue weighted by molar-refractivity contribution is -0.145. The van der Waals surface area contributed by atoms with Crippen molar-refractivity contribution < 1.29 is 24.3 Å². The Morgan fingerprint density at radius 2 is 1.71 bits per heavy atom. The van der Waals surface area contributed by atoms with Gasteiger partial charge in [0, 0.05) is 26.1 Å². The first-order valence-corrected chi connectivity index (χ1v) is 10.9. The lowest BCUT2D eigenvalue weighted by atomic mass is 9.84. The van der Waals surface area contributed by atoms with Crippen LogP contribution in [0, 0.1) is 11.3 Å². The van der Waals surface area contributed by atoms with E-state index in [0.29, 0.717) is 13.0 Å².